The van der Waals surface area contributed by atoms with Crippen molar-refractivity contribution in [2.24, 2.45) is 0 Å². The number of ether oxygens (including phenoxy) is 1. The van der Waals surface area contributed by atoms with Gasteiger partial charge in [-0.3, -0.25) is 0 Å². The van der Waals surface area contributed by atoms with Crippen molar-refractivity contribution in [3.05, 3.63) is 22.7 Å². The quantitative estimate of drug-likeness (QED) is 0.854. The van der Waals surface area contributed by atoms with E-state index in [9.17, 15) is 18.0 Å². The largest absolute Gasteiger partial charge is 0.573 e. The molecule has 0 unspecified atom stereocenters. The van der Waals surface area contributed by atoms with Gasteiger partial charge in [0.15, 0.2) is 11.5 Å². The van der Waals surface area contributed by atoms with E-state index in [2.05, 4.69) is 4.74 Å². The normalized spacial score (nSPS) is 11.2. The van der Waals surface area contributed by atoms with E-state index >= 15 is 0 Å². The number of aromatic carboxylic acids is 1. The molecule has 0 bridgehead atoms. The molecule has 0 aromatic heterocycles. The minimum atomic E-state index is -5.04. The van der Waals surface area contributed by atoms with Gasteiger partial charge in [0.25, 0.3) is 0 Å². The van der Waals surface area contributed by atoms with Crippen molar-refractivity contribution in [1.29, 1.82) is 0 Å². The molecule has 0 heterocycles. The summed E-state index contributed by atoms with van der Waals surface area (Å²) in [6.07, 6.45) is -5.04. The summed E-state index contributed by atoms with van der Waals surface area (Å²) in [5.74, 6) is -3.52. The highest BCUT2D eigenvalue weighted by Gasteiger charge is 2.33. The van der Waals surface area contributed by atoms with Gasteiger partial charge in [0.1, 0.15) is 0 Å². The van der Waals surface area contributed by atoms with E-state index in [1.165, 1.54) is 0 Å². The number of rotatable bonds is 2. The summed E-state index contributed by atoms with van der Waals surface area (Å²) in [5.41, 5.74) is -0.526. The first kappa shape index (κ1) is 12.4. The fourth-order valence-corrected chi connectivity index (χ4v) is 1.11. The van der Waals surface area contributed by atoms with E-state index in [1.54, 1.807) is 0 Å². The second-order valence-corrected chi connectivity index (χ2v) is 3.06. The molecule has 0 amide bonds. The van der Waals surface area contributed by atoms with Crippen LogP contribution in [0.25, 0.3) is 0 Å². The molecule has 0 spiro atoms. The molecular weight excluding hydrogens is 253 g/mol. The van der Waals surface area contributed by atoms with Crippen molar-refractivity contribution in [2.75, 3.05) is 0 Å². The first-order valence-corrected chi connectivity index (χ1v) is 4.10. The maximum atomic E-state index is 11.9. The number of phenols is 1. The minimum absolute atomic E-state index is 0.525. The highest BCUT2D eigenvalue weighted by Crippen LogP contribution is 2.38. The van der Waals surface area contributed by atoms with Gasteiger partial charge in [-0.15, -0.1) is 13.2 Å². The van der Waals surface area contributed by atoms with Crippen LogP contribution in [0, 0.1) is 0 Å². The van der Waals surface area contributed by atoms with Crippen LogP contribution < -0.4 is 4.74 Å². The smallest absolute Gasteiger partial charge is 0.503 e. The standard InChI is InChI=1S/C8H4ClF3O4/c9-4-1-3(7(14)15)2-5(6(4)13)16-8(10,11)12/h1-2,13H,(H,14,15). The van der Waals surface area contributed by atoms with Gasteiger partial charge in [0.05, 0.1) is 10.6 Å². The Morgan fingerprint density at radius 1 is 1.38 bits per heavy atom. The lowest BCUT2D eigenvalue weighted by molar-refractivity contribution is -0.275. The highest BCUT2D eigenvalue weighted by atomic mass is 35.5. The zero-order chi connectivity index (χ0) is 12.5. The molecule has 16 heavy (non-hydrogen) atoms. The summed E-state index contributed by atoms with van der Waals surface area (Å²) in [6, 6.07) is 1.33. The van der Waals surface area contributed by atoms with Crippen LogP contribution in [0.15, 0.2) is 12.1 Å². The predicted molar refractivity (Wildman–Crippen MR) is 46.8 cm³/mol. The summed E-state index contributed by atoms with van der Waals surface area (Å²) in [7, 11) is 0. The summed E-state index contributed by atoms with van der Waals surface area (Å²) in [4.78, 5) is 10.5. The van der Waals surface area contributed by atoms with Crippen molar-refractivity contribution in [3.63, 3.8) is 0 Å². The lowest BCUT2D eigenvalue weighted by atomic mass is 10.2. The van der Waals surface area contributed by atoms with E-state index < -0.39 is 34.4 Å². The molecule has 0 aliphatic rings. The number of carboxylic acids is 1. The number of carboxylic acid groups (broad SMARTS) is 1. The van der Waals surface area contributed by atoms with Crippen LogP contribution in [0.1, 0.15) is 10.4 Å². The summed E-state index contributed by atoms with van der Waals surface area (Å²) in [5, 5.41) is 17.1. The molecule has 0 radical (unpaired) electrons. The number of benzene rings is 1. The van der Waals surface area contributed by atoms with Gasteiger partial charge in [-0.25, -0.2) is 4.79 Å². The van der Waals surface area contributed by atoms with Gasteiger partial charge >= 0.3 is 12.3 Å². The molecule has 4 nitrogen and oxygen atoms in total. The van der Waals surface area contributed by atoms with Gasteiger partial charge < -0.3 is 14.9 Å². The molecule has 1 aromatic rings. The third-order valence-electron chi connectivity index (χ3n) is 1.50. The Hall–Kier alpha value is -1.63. The van der Waals surface area contributed by atoms with E-state index in [0.717, 1.165) is 6.07 Å². The van der Waals surface area contributed by atoms with E-state index in [1.807, 2.05) is 0 Å². The molecule has 0 saturated carbocycles. The third kappa shape index (κ3) is 2.93. The van der Waals surface area contributed by atoms with E-state index in [4.69, 9.17) is 21.8 Å². The number of carbonyl (C=O) groups is 1. The molecule has 8 heteroatoms. The molecule has 0 atom stereocenters. The Bertz CT molecular complexity index is 430. The molecule has 0 fully saturated rings. The van der Waals surface area contributed by atoms with Crippen LogP contribution in [-0.2, 0) is 0 Å². The Balaban J connectivity index is 3.22. The SMILES string of the molecule is O=C(O)c1cc(Cl)c(O)c(OC(F)(F)F)c1. The summed E-state index contributed by atoms with van der Waals surface area (Å²) in [6.45, 7) is 0. The zero-order valence-corrected chi connectivity index (χ0v) is 8.13. The van der Waals surface area contributed by atoms with Crippen molar-refractivity contribution in [1.82, 2.24) is 0 Å². The predicted octanol–water partition coefficient (Wildman–Crippen LogP) is 2.64. The van der Waals surface area contributed by atoms with Crippen molar-refractivity contribution < 1.29 is 32.9 Å². The molecule has 0 saturated heterocycles. The Kier molecular flexibility index (Phi) is 3.18. The summed E-state index contributed by atoms with van der Waals surface area (Å²) >= 11 is 5.33. The maximum Gasteiger partial charge on any atom is 0.573 e. The van der Waals surface area contributed by atoms with Crippen molar-refractivity contribution in [3.8, 4) is 11.5 Å². The lowest BCUT2D eigenvalue weighted by Crippen LogP contribution is -2.17. The second-order valence-electron chi connectivity index (χ2n) is 2.66. The first-order valence-electron chi connectivity index (χ1n) is 3.72. The number of aromatic hydroxyl groups is 1. The molecule has 1 aromatic carbocycles. The first-order chi connectivity index (χ1) is 7.20. The van der Waals surface area contributed by atoms with Crippen LogP contribution in [0.2, 0.25) is 5.02 Å². The van der Waals surface area contributed by atoms with Crippen molar-refractivity contribution >= 4 is 17.6 Å². The van der Waals surface area contributed by atoms with Gasteiger partial charge in [0, 0.05) is 0 Å². The zero-order valence-electron chi connectivity index (χ0n) is 7.38. The van der Waals surface area contributed by atoms with Gasteiger partial charge in [-0.2, -0.15) is 0 Å². The number of halogens is 4. The minimum Gasteiger partial charge on any atom is -0.503 e. The molecule has 1 rings (SSSR count). The lowest BCUT2D eigenvalue weighted by Gasteiger charge is -2.11. The fraction of sp³-hybridized carbons (Fsp3) is 0.125. The molecule has 88 valence electrons. The maximum absolute atomic E-state index is 11.9. The third-order valence-corrected chi connectivity index (χ3v) is 1.79. The molecule has 0 aliphatic carbocycles. The fourth-order valence-electron chi connectivity index (χ4n) is 0.900. The van der Waals surface area contributed by atoms with Crippen molar-refractivity contribution in [2.45, 2.75) is 6.36 Å². The van der Waals surface area contributed by atoms with Crippen LogP contribution >= 0.6 is 11.6 Å². The van der Waals surface area contributed by atoms with Gasteiger partial charge in [-0.05, 0) is 12.1 Å². The van der Waals surface area contributed by atoms with E-state index in [0.29, 0.717) is 6.07 Å². The van der Waals surface area contributed by atoms with Crippen LogP contribution in [0.3, 0.4) is 0 Å². The number of hydrogen-bond donors (Lipinski definition) is 2. The van der Waals surface area contributed by atoms with Gasteiger partial charge in [0.2, 0.25) is 0 Å². The van der Waals surface area contributed by atoms with Gasteiger partial charge in [-0.1, -0.05) is 11.6 Å². The average Bonchev–Trinajstić information content (AvgIpc) is 2.10. The summed E-state index contributed by atoms with van der Waals surface area (Å²) < 4.78 is 39.0. The number of phenolic OH excluding ortho intramolecular Hbond substituents is 1. The Labute approximate surface area is 91.8 Å². The number of hydrogen-bond acceptors (Lipinski definition) is 3. The molecule has 2 N–H and O–H groups in total. The van der Waals surface area contributed by atoms with Crippen LogP contribution in [0.4, 0.5) is 13.2 Å². The topological polar surface area (TPSA) is 66.8 Å². The Morgan fingerprint density at radius 2 is 1.94 bits per heavy atom. The monoisotopic (exact) mass is 256 g/mol. The second kappa shape index (κ2) is 4.09. The number of alkyl halides is 3. The van der Waals surface area contributed by atoms with Crippen LogP contribution in [-0.4, -0.2) is 22.5 Å². The average molecular weight is 257 g/mol. The molecule has 0 aliphatic heterocycles. The van der Waals surface area contributed by atoms with E-state index in [-0.39, 0.29) is 0 Å². The molecular formula is C8H4ClF3O4. The van der Waals surface area contributed by atoms with Crippen LogP contribution in [0.5, 0.6) is 11.5 Å². The Morgan fingerprint density at radius 3 is 2.38 bits per heavy atom. The highest BCUT2D eigenvalue weighted by molar-refractivity contribution is 6.32.